The van der Waals surface area contributed by atoms with Crippen molar-refractivity contribution in [3.05, 3.63) is 71.3 Å². The first-order valence-corrected chi connectivity index (χ1v) is 7.18. The molecule has 2 nitrogen and oxygen atoms in total. The fourth-order valence-electron chi connectivity index (χ4n) is 2.53. The van der Waals surface area contributed by atoms with Crippen molar-refractivity contribution in [3.8, 4) is 0 Å². The van der Waals surface area contributed by atoms with Crippen LogP contribution in [0.3, 0.4) is 0 Å². The summed E-state index contributed by atoms with van der Waals surface area (Å²) in [6.07, 6.45) is 0.963. The van der Waals surface area contributed by atoms with Crippen LogP contribution in [0.5, 0.6) is 0 Å². The molecule has 0 aliphatic rings. The molecule has 0 heterocycles. The van der Waals surface area contributed by atoms with E-state index < -0.39 is 0 Å². The Hall–Kier alpha value is -1.64. The second-order valence-electron chi connectivity index (χ2n) is 5.38. The molecule has 0 fully saturated rings. The minimum Gasteiger partial charge on any atom is -0.392 e. The monoisotopic (exact) mass is 269 g/mol. The van der Waals surface area contributed by atoms with Gasteiger partial charge in [-0.2, -0.15) is 0 Å². The second-order valence-corrected chi connectivity index (χ2v) is 5.38. The van der Waals surface area contributed by atoms with Gasteiger partial charge in [0.1, 0.15) is 0 Å². The number of hydrogen-bond acceptors (Lipinski definition) is 2. The summed E-state index contributed by atoms with van der Waals surface area (Å²) in [6.45, 7) is 4.50. The molecule has 0 amide bonds. The smallest absolute Gasteiger partial charge is 0.0681 e. The van der Waals surface area contributed by atoms with Crippen molar-refractivity contribution in [2.24, 2.45) is 0 Å². The van der Waals surface area contributed by atoms with E-state index in [-0.39, 0.29) is 6.61 Å². The van der Waals surface area contributed by atoms with E-state index in [1.807, 2.05) is 18.2 Å². The highest BCUT2D eigenvalue weighted by molar-refractivity contribution is 5.24. The molecule has 106 valence electrons. The predicted molar refractivity (Wildman–Crippen MR) is 83.5 cm³/mol. The molecule has 1 unspecified atom stereocenters. The number of aliphatic hydroxyl groups excluding tert-OH is 1. The number of rotatable bonds is 6. The van der Waals surface area contributed by atoms with E-state index in [9.17, 15) is 5.11 Å². The molecule has 2 aromatic carbocycles. The van der Waals surface area contributed by atoms with Crippen LogP contribution in [-0.2, 0) is 13.0 Å². The molecule has 2 atom stereocenters. The van der Waals surface area contributed by atoms with Crippen LogP contribution in [0.2, 0.25) is 0 Å². The van der Waals surface area contributed by atoms with Crippen molar-refractivity contribution in [2.75, 3.05) is 0 Å². The zero-order valence-corrected chi connectivity index (χ0v) is 12.2. The molecule has 2 aromatic rings. The number of hydrogen-bond donors (Lipinski definition) is 2. The molecule has 0 aliphatic carbocycles. The molecule has 0 aromatic heterocycles. The highest BCUT2D eigenvalue weighted by Crippen LogP contribution is 2.14. The van der Waals surface area contributed by atoms with E-state index in [0.29, 0.717) is 12.1 Å². The van der Waals surface area contributed by atoms with Gasteiger partial charge in [-0.25, -0.2) is 0 Å². The Balaban J connectivity index is 1.93. The van der Waals surface area contributed by atoms with Crippen LogP contribution in [-0.4, -0.2) is 11.1 Å². The highest BCUT2D eigenvalue weighted by Gasteiger charge is 2.09. The molecule has 20 heavy (non-hydrogen) atoms. The molecular formula is C18H23NO. The van der Waals surface area contributed by atoms with Crippen LogP contribution in [0.15, 0.2) is 54.6 Å². The summed E-state index contributed by atoms with van der Waals surface area (Å²) in [5.41, 5.74) is 3.55. The van der Waals surface area contributed by atoms with Crippen LogP contribution in [0, 0.1) is 0 Å². The average molecular weight is 269 g/mol. The predicted octanol–water partition coefficient (Wildman–Crippen LogP) is 3.46. The minimum atomic E-state index is 0.107. The lowest BCUT2D eigenvalue weighted by atomic mass is 10.0. The summed E-state index contributed by atoms with van der Waals surface area (Å²) < 4.78 is 0. The lowest BCUT2D eigenvalue weighted by Crippen LogP contribution is -2.30. The van der Waals surface area contributed by atoms with Crippen molar-refractivity contribution >= 4 is 0 Å². The van der Waals surface area contributed by atoms with Gasteiger partial charge >= 0.3 is 0 Å². The maximum atomic E-state index is 9.17. The lowest BCUT2D eigenvalue weighted by molar-refractivity contribution is 0.281. The summed E-state index contributed by atoms with van der Waals surface area (Å²) in [5, 5.41) is 12.8. The van der Waals surface area contributed by atoms with E-state index in [4.69, 9.17) is 0 Å². The fourth-order valence-corrected chi connectivity index (χ4v) is 2.53. The Morgan fingerprint density at radius 2 is 1.65 bits per heavy atom. The van der Waals surface area contributed by atoms with E-state index in [1.165, 1.54) is 11.1 Å². The zero-order valence-electron chi connectivity index (χ0n) is 12.2. The molecule has 0 aliphatic heterocycles. The van der Waals surface area contributed by atoms with Gasteiger partial charge in [0.05, 0.1) is 6.61 Å². The Bertz CT molecular complexity index is 524. The van der Waals surface area contributed by atoms with Gasteiger partial charge in [0.2, 0.25) is 0 Å². The number of benzene rings is 2. The van der Waals surface area contributed by atoms with E-state index >= 15 is 0 Å². The van der Waals surface area contributed by atoms with Crippen molar-refractivity contribution in [1.82, 2.24) is 5.32 Å². The van der Waals surface area contributed by atoms with Crippen molar-refractivity contribution in [2.45, 2.75) is 39.0 Å². The molecule has 0 spiro atoms. The largest absolute Gasteiger partial charge is 0.392 e. The highest BCUT2D eigenvalue weighted by atomic mass is 16.3. The summed E-state index contributed by atoms with van der Waals surface area (Å²) in [4.78, 5) is 0. The Kier molecular flexibility index (Phi) is 5.33. The summed E-state index contributed by atoms with van der Waals surface area (Å²) >= 11 is 0. The molecule has 2 rings (SSSR count). The molecule has 0 saturated heterocycles. The normalized spacial score (nSPS) is 13.9. The third-order valence-electron chi connectivity index (χ3n) is 3.55. The van der Waals surface area contributed by atoms with Gasteiger partial charge in [0.15, 0.2) is 0 Å². The SMILES string of the molecule is CC(N[C@H](C)Cc1cccc(CO)c1)c1ccccc1. The van der Waals surface area contributed by atoms with Gasteiger partial charge in [-0.3, -0.25) is 0 Å². The van der Waals surface area contributed by atoms with Crippen molar-refractivity contribution in [1.29, 1.82) is 0 Å². The van der Waals surface area contributed by atoms with Crippen molar-refractivity contribution in [3.63, 3.8) is 0 Å². The van der Waals surface area contributed by atoms with E-state index in [0.717, 1.165) is 12.0 Å². The first kappa shape index (κ1) is 14.8. The summed E-state index contributed by atoms with van der Waals surface area (Å²) in [6, 6.07) is 19.4. The van der Waals surface area contributed by atoms with Crippen LogP contribution < -0.4 is 5.32 Å². The van der Waals surface area contributed by atoms with Crippen LogP contribution in [0.1, 0.15) is 36.6 Å². The van der Waals surface area contributed by atoms with E-state index in [2.05, 4.69) is 55.6 Å². The van der Waals surface area contributed by atoms with Crippen LogP contribution >= 0.6 is 0 Å². The van der Waals surface area contributed by atoms with Gasteiger partial charge < -0.3 is 10.4 Å². The van der Waals surface area contributed by atoms with Gasteiger partial charge in [-0.15, -0.1) is 0 Å². The fraction of sp³-hybridized carbons (Fsp3) is 0.333. The Morgan fingerprint density at radius 3 is 2.35 bits per heavy atom. The van der Waals surface area contributed by atoms with Crippen molar-refractivity contribution < 1.29 is 5.11 Å². The Morgan fingerprint density at radius 1 is 0.950 bits per heavy atom. The topological polar surface area (TPSA) is 32.3 Å². The van der Waals surface area contributed by atoms with Gasteiger partial charge in [-0.1, -0.05) is 54.6 Å². The summed E-state index contributed by atoms with van der Waals surface area (Å²) in [5.74, 6) is 0. The van der Waals surface area contributed by atoms with E-state index in [1.54, 1.807) is 0 Å². The van der Waals surface area contributed by atoms with Gasteiger partial charge in [0.25, 0.3) is 0 Å². The third kappa shape index (κ3) is 4.19. The molecule has 2 heteroatoms. The maximum absolute atomic E-state index is 9.17. The average Bonchev–Trinajstić information content (AvgIpc) is 2.48. The third-order valence-corrected chi connectivity index (χ3v) is 3.55. The molecule has 0 saturated carbocycles. The van der Waals surface area contributed by atoms with Crippen LogP contribution in [0.4, 0.5) is 0 Å². The quantitative estimate of drug-likeness (QED) is 0.841. The molecule has 0 radical (unpaired) electrons. The first-order valence-electron chi connectivity index (χ1n) is 7.18. The standard InChI is InChI=1S/C18H23NO/c1-14(11-16-7-6-8-17(12-16)13-20)19-15(2)18-9-4-3-5-10-18/h3-10,12,14-15,19-20H,11,13H2,1-2H3/t14-,15?/m1/s1. The molecular weight excluding hydrogens is 246 g/mol. The number of aliphatic hydroxyl groups is 1. The lowest BCUT2D eigenvalue weighted by Gasteiger charge is -2.20. The first-order chi connectivity index (χ1) is 9.69. The molecule has 0 bridgehead atoms. The Labute approximate surface area is 121 Å². The van der Waals surface area contributed by atoms with Gasteiger partial charge in [-0.05, 0) is 37.0 Å². The number of nitrogens with one attached hydrogen (secondary N) is 1. The zero-order chi connectivity index (χ0) is 14.4. The van der Waals surface area contributed by atoms with Gasteiger partial charge in [0, 0.05) is 12.1 Å². The minimum absolute atomic E-state index is 0.107. The summed E-state index contributed by atoms with van der Waals surface area (Å²) in [7, 11) is 0. The molecule has 2 N–H and O–H groups in total. The maximum Gasteiger partial charge on any atom is 0.0681 e. The van der Waals surface area contributed by atoms with Crippen LogP contribution in [0.25, 0.3) is 0 Å². The second kappa shape index (κ2) is 7.22.